The molecule has 0 fully saturated rings. The van der Waals surface area contributed by atoms with Crippen LogP contribution in [-0.2, 0) is 6.54 Å². The lowest BCUT2D eigenvalue weighted by molar-refractivity contribution is 0.484. The Kier molecular flexibility index (Phi) is 3.50. The summed E-state index contributed by atoms with van der Waals surface area (Å²) in [5.74, 6) is 0.333. The van der Waals surface area contributed by atoms with Crippen LogP contribution in [0.4, 0.5) is 4.39 Å². The van der Waals surface area contributed by atoms with Gasteiger partial charge in [0.2, 0.25) is 0 Å². The molecule has 2 aromatic rings. The highest BCUT2D eigenvalue weighted by Gasteiger charge is 2.11. The van der Waals surface area contributed by atoms with Crippen LogP contribution in [0.25, 0.3) is 11.3 Å². The van der Waals surface area contributed by atoms with Gasteiger partial charge in [0.1, 0.15) is 5.82 Å². The van der Waals surface area contributed by atoms with Crippen molar-refractivity contribution in [3.05, 3.63) is 41.3 Å². The monoisotopic (exact) mass is 246 g/mol. The first-order valence-electron chi connectivity index (χ1n) is 6.28. The molecule has 0 N–H and O–H groups in total. The standard InChI is InChI=1S/C15H19FN2/c1-10(2)8-18-9-12(4)15(17-18)14-7-13(16)6-5-11(14)3/h5-7,9-10H,8H2,1-4H3. The van der Waals surface area contributed by atoms with Crippen LogP contribution < -0.4 is 0 Å². The van der Waals surface area contributed by atoms with Gasteiger partial charge < -0.3 is 0 Å². The lowest BCUT2D eigenvalue weighted by Crippen LogP contribution is -2.04. The minimum atomic E-state index is -0.214. The molecule has 1 aromatic heterocycles. The summed E-state index contributed by atoms with van der Waals surface area (Å²) in [7, 11) is 0. The maximum atomic E-state index is 13.3. The van der Waals surface area contributed by atoms with E-state index in [2.05, 4.69) is 18.9 Å². The first-order valence-corrected chi connectivity index (χ1v) is 6.28. The number of aryl methyl sites for hydroxylation is 2. The van der Waals surface area contributed by atoms with Crippen molar-refractivity contribution < 1.29 is 4.39 Å². The van der Waals surface area contributed by atoms with Crippen LogP contribution in [0.2, 0.25) is 0 Å². The zero-order valence-electron chi connectivity index (χ0n) is 11.4. The fourth-order valence-corrected chi connectivity index (χ4v) is 2.10. The van der Waals surface area contributed by atoms with Crippen molar-refractivity contribution in [2.45, 2.75) is 34.2 Å². The van der Waals surface area contributed by atoms with Gasteiger partial charge >= 0.3 is 0 Å². The summed E-state index contributed by atoms with van der Waals surface area (Å²) >= 11 is 0. The fourth-order valence-electron chi connectivity index (χ4n) is 2.10. The minimum Gasteiger partial charge on any atom is -0.272 e. The summed E-state index contributed by atoms with van der Waals surface area (Å²) in [6.07, 6.45) is 2.03. The summed E-state index contributed by atoms with van der Waals surface area (Å²) < 4.78 is 15.3. The van der Waals surface area contributed by atoms with Crippen molar-refractivity contribution in [3.63, 3.8) is 0 Å². The van der Waals surface area contributed by atoms with Crippen molar-refractivity contribution in [1.29, 1.82) is 0 Å². The van der Waals surface area contributed by atoms with E-state index in [0.29, 0.717) is 5.92 Å². The third-order valence-corrected chi connectivity index (χ3v) is 2.95. The molecule has 0 atom stereocenters. The second-order valence-electron chi connectivity index (χ2n) is 5.24. The summed E-state index contributed by atoms with van der Waals surface area (Å²) in [5.41, 5.74) is 3.90. The Morgan fingerprint density at radius 3 is 2.61 bits per heavy atom. The molecule has 0 amide bonds. The van der Waals surface area contributed by atoms with E-state index in [1.807, 2.05) is 24.7 Å². The topological polar surface area (TPSA) is 17.8 Å². The van der Waals surface area contributed by atoms with Crippen LogP contribution >= 0.6 is 0 Å². The molecule has 0 radical (unpaired) electrons. The van der Waals surface area contributed by atoms with Gasteiger partial charge in [-0.1, -0.05) is 19.9 Å². The maximum Gasteiger partial charge on any atom is 0.123 e. The third kappa shape index (κ3) is 2.61. The highest BCUT2D eigenvalue weighted by Crippen LogP contribution is 2.26. The first-order chi connectivity index (χ1) is 8.47. The average Bonchev–Trinajstić information content (AvgIpc) is 2.62. The van der Waals surface area contributed by atoms with E-state index in [1.54, 1.807) is 12.1 Å². The highest BCUT2D eigenvalue weighted by atomic mass is 19.1. The van der Waals surface area contributed by atoms with E-state index in [4.69, 9.17) is 0 Å². The maximum absolute atomic E-state index is 13.3. The largest absolute Gasteiger partial charge is 0.272 e. The van der Waals surface area contributed by atoms with Crippen molar-refractivity contribution in [2.75, 3.05) is 0 Å². The summed E-state index contributed by atoms with van der Waals surface area (Å²) in [6, 6.07) is 4.84. The van der Waals surface area contributed by atoms with E-state index in [1.165, 1.54) is 6.07 Å². The Bertz CT molecular complexity index is 556. The molecule has 0 unspecified atom stereocenters. The lowest BCUT2D eigenvalue weighted by Gasteiger charge is -2.05. The van der Waals surface area contributed by atoms with Crippen molar-refractivity contribution in [3.8, 4) is 11.3 Å². The van der Waals surface area contributed by atoms with Gasteiger partial charge in [-0.05, 0) is 43.0 Å². The van der Waals surface area contributed by atoms with Crippen LogP contribution in [0.15, 0.2) is 24.4 Å². The van der Waals surface area contributed by atoms with Gasteiger partial charge in [0.05, 0.1) is 5.69 Å². The predicted molar refractivity (Wildman–Crippen MR) is 71.9 cm³/mol. The van der Waals surface area contributed by atoms with Crippen molar-refractivity contribution >= 4 is 0 Å². The quantitative estimate of drug-likeness (QED) is 0.801. The predicted octanol–water partition coefficient (Wildman–Crippen LogP) is 3.96. The zero-order chi connectivity index (χ0) is 13.3. The zero-order valence-corrected chi connectivity index (χ0v) is 11.4. The van der Waals surface area contributed by atoms with Gasteiger partial charge in [0.25, 0.3) is 0 Å². The molecule has 2 nitrogen and oxygen atoms in total. The summed E-state index contributed by atoms with van der Waals surface area (Å²) in [6.45, 7) is 9.20. The van der Waals surface area contributed by atoms with Crippen molar-refractivity contribution in [1.82, 2.24) is 9.78 Å². The summed E-state index contributed by atoms with van der Waals surface area (Å²) in [4.78, 5) is 0. The SMILES string of the molecule is Cc1ccc(F)cc1-c1nn(CC(C)C)cc1C. The number of rotatable bonds is 3. The van der Waals surface area contributed by atoms with E-state index < -0.39 is 0 Å². The second-order valence-corrected chi connectivity index (χ2v) is 5.24. The van der Waals surface area contributed by atoms with Gasteiger partial charge in [0.15, 0.2) is 0 Å². The number of hydrogen-bond donors (Lipinski definition) is 0. The Morgan fingerprint density at radius 2 is 1.94 bits per heavy atom. The molecule has 3 heteroatoms. The van der Waals surface area contributed by atoms with Crippen molar-refractivity contribution in [2.24, 2.45) is 5.92 Å². The first kappa shape index (κ1) is 12.8. The molecule has 0 aliphatic rings. The number of nitrogens with zero attached hydrogens (tertiary/aromatic N) is 2. The number of benzene rings is 1. The molecule has 2 rings (SSSR count). The van der Waals surface area contributed by atoms with Gasteiger partial charge in [-0.25, -0.2) is 4.39 Å². The van der Waals surface area contributed by atoms with E-state index in [-0.39, 0.29) is 5.82 Å². The minimum absolute atomic E-state index is 0.214. The lowest BCUT2D eigenvalue weighted by atomic mass is 10.0. The second kappa shape index (κ2) is 4.92. The fraction of sp³-hybridized carbons (Fsp3) is 0.400. The van der Waals surface area contributed by atoms with E-state index in [0.717, 1.165) is 28.9 Å². The normalized spacial score (nSPS) is 11.2. The Labute approximate surface area is 107 Å². The molecule has 0 spiro atoms. The van der Waals surface area contributed by atoms with Crippen LogP contribution in [-0.4, -0.2) is 9.78 Å². The third-order valence-electron chi connectivity index (χ3n) is 2.95. The molecular formula is C15H19FN2. The van der Waals surface area contributed by atoms with Gasteiger partial charge in [-0.3, -0.25) is 4.68 Å². The summed E-state index contributed by atoms with van der Waals surface area (Å²) in [5, 5.41) is 4.57. The molecule has 0 bridgehead atoms. The van der Waals surface area contributed by atoms with Gasteiger partial charge in [-0.2, -0.15) is 5.10 Å². The number of hydrogen-bond acceptors (Lipinski definition) is 1. The molecule has 0 aliphatic carbocycles. The molecule has 0 saturated heterocycles. The Hall–Kier alpha value is -1.64. The molecule has 1 heterocycles. The molecule has 0 saturated carbocycles. The van der Waals surface area contributed by atoms with E-state index in [9.17, 15) is 4.39 Å². The van der Waals surface area contributed by atoms with Gasteiger partial charge in [0, 0.05) is 18.3 Å². The molecule has 18 heavy (non-hydrogen) atoms. The van der Waals surface area contributed by atoms with Crippen LogP contribution in [0.5, 0.6) is 0 Å². The Balaban J connectivity index is 2.44. The molecule has 0 aliphatic heterocycles. The highest BCUT2D eigenvalue weighted by molar-refractivity contribution is 5.66. The Morgan fingerprint density at radius 1 is 1.22 bits per heavy atom. The van der Waals surface area contributed by atoms with Crippen LogP contribution in [0.1, 0.15) is 25.0 Å². The molecule has 96 valence electrons. The number of aromatic nitrogens is 2. The smallest absolute Gasteiger partial charge is 0.123 e. The average molecular weight is 246 g/mol. The molecular weight excluding hydrogens is 227 g/mol. The number of halogens is 1. The van der Waals surface area contributed by atoms with Crippen LogP contribution in [0, 0.1) is 25.6 Å². The van der Waals surface area contributed by atoms with Crippen LogP contribution in [0.3, 0.4) is 0 Å². The molecule has 1 aromatic carbocycles. The van der Waals surface area contributed by atoms with Gasteiger partial charge in [-0.15, -0.1) is 0 Å². The van der Waals surface area contributed by atoms with E-state index >= 15 is 0 Å².